The molecule has 248 valence electrons. The third-order valence-corrected chi connectivity index (χ3v) is 8.15. The van der Waals surface area contributed by atoms with E-state index in [1.165, 1.54) is 18.1 Å². The van der Waals surface area contributed by atoms with Crippen molar-refractivity contribution in [2.75, 3.05) is 57.0 Å². The summed E-state index contributed by atoms with van der Waals surface area (Å²) in [5.41, 5.74) is 0.784. The number of para-hydroxylation sites is 1. The smallest absolute Gasteiger partial charge is 0.264 e. The fourth-order valence-corrected chi connectivity index (χ4v) is 4.93. The first kappa shape index (κ1) is 43.1. The lowest BCUT2D eigenvalue weighted by atomic mass is 10.1. The SMILES string of the molecule is C=CCCNC(=O)c1cc2ccccc2n(C(C)C)c1=O.CC.CCNCCSCCN(C)C(C)C.CCNS(=O)CC. The zero-order valence-corrected chi connectivity index (χ0v) is 30.3. The molecule has 2 rings (SSSR count). The van der Waals surface area contributed by atoms with E-state index in [9.17, 15) is 13.8 Å². The van der Waals surface area contributed by atoms with Crippen LogP contribution in [0.2, 0.25) is 0 Å². The second-order valence-electron chi connectivity index (χ2n) is 9.89. The molecule has 1 aromatic carbocycles. The van der Waals surface area contributed by atoms with Gasteiger partial charge in [-0.05, 0) is 65.2 Å². The fourth-order valence-electron chi connectivity index (χ4n) is 3.50. The molecule has 3 N–H and O–H groups in total. The molecule has 1 unspecified atom stereocenters. The molecule has 1 heterocycles. The minimum atomic E-state index is -0.777. The van der Waals surface area contributed by atoms with Gasteiger partial charge >= 0.3 is 0 Å². The van der Waals surface area contributed by atoms with Gasteiger partial charge in [0.25, 0.3) is 11.5 Å². The number of thioether (sulfide) groups is 1. The predicted octanol–water partition coefficient (Wildman–Crippen LogP) is 5.86. The van der Waals surface area contributed by atoms with Crippen molar-refractivity contribution in [1.29, 1.82) is 0 Å². The van der Waals surface area contributed by atoms with Crippen LogP contribution in [0.5, 0.6) is 0 Å². The summed E-state index contributed by atoms with van der Waals surface area (Å²) in [6.45, 7) is 26.7. The number of hydrogen-bond donors (Lipinski definition) is 3. The summed E-state index contributed by atoms with van der Waals surface area (Å²) in [5.74, 6) is 2.86. The zero-order chi connectivity index (χ0) is 33.2. The van der Waals surface area contributed by atoms with Crippen LogP contribution in [0.15, 0.2) is 47.8 Å². The highest BCUT2D eigenvalue weighted by molar-refractivity contribution is 7.99. The molecule has 0 saturated heterocycles. The number of aromatic nitrogens is 1. The van der Waals surface area contributed by atoms with Crippen molar-refractivity contribution in [2.24, 2.45) is 0 Å². The van der Waals surface area contributed by atoms with Gasteiger partial charge in [0.1, 0.15) is 5.56 Å². The molecule has 0 bridgehead atoms. The number of pyridine rings is 1. The molecule has 2 aromatic rings. The van der Waals surface area contributed by atoms with Gasteiger partial charge in [-0.2, -0.15) is 11.8 Å². The van der Waals surface area contributed by atoms with Crippen LogP contribution in [-0.4, -0.2) is 82.7 Å². The lowest BCUT2D eigenvalue weighted by molar-refractivity contribution is 0.0952. The first-order valence-corrected chi connectivity index (χ1v) is 18.2. The van der Waals surface area contributed by atoms with Crippen LogP contribution in [0.1, 0.15) is 85.1 Å². The van der Waals surface area contributed by atoms with Crippen molar-refractivity contribution in [3.8, 4) is 0 Å². The number of benzene rings is 1. The molecule has 0 aliphatic rings. The molecule has 0 fully saturated rings. The molecule has 8 nitrogen and oxygen atoms in total. The molecule has 0 aliphatic heterocycles. The largest absolute Gasteiger partial charge is 0.352 e. The number of hydrogen-bond acceptors (Lipinski definition) is 6. The Labute approximate surface area is 269 Å². The maximum Gasteiger partial charge on any atom is 0.264 e. The number of carbonyl (C=O) groups excluding carboxylic acids is 1. The third-order valence-electron chi connectivity index (χ3n) is 6.05. The zero-order valence-electron chi connectivity index (χ0n) is 28.6. The molecule has 0 aliphatic carbocycles. The van der Waals surface area contributed by atoms with Crippen LogP contribution < -0.4 is 20.9 Å². The normalized spacial score (nSPS) is 11.2. The molecule has 0 spiro atoms. The highest BCUT2D eigenvalue weighted by atomic mass is 32.2. The van der Waals surface area contributed by atoms with E-state index in [2.05, 4.69) is 54.7 Å². The van der Waals surface area contributed by atoms with Crippen molar-refractivity contribution in [1.82, 2.24) is 24.8 Å². The van der Waals surface area contributed by atoms with Crippen LogP contribution in [0.25, 0.3) is 10.9 Å². The Hall–Kier alpha value is -1.98. The van der Waals surface area contributed by atoms with Gasteiger partial charge in [-0.1, -0.05) is 58.9 Å². The first-order chi connectivity index (χ1) is 20.5. The van der Waals surface area contributed by atoms with Crippen LogP contribution in [0, 0.1) is 0 Å². The average molecular weight is 640 g/mol. The second-order valence-corrected chi connectivity index (χ2v) is 12.7. The Morgan fingerprint density at radius 2 is 1.72 bits per heavy atom. The third kappa shape index (κ3) is 19.1. The lowest BCUT2D eigenvalue weighted by Gasteiger charge is -2.20. The van der Waals surface area contributed by atoms with Crippen molar-refractivity contribution < 1.29 is 9.00 Å². The maximum absolute atomic E-state index is 12.6. The molecule has 0 radical (unpaired) electrons. The number of rotatable bonds is 16. The standard InChI is InChI=1S/C17H20N2O2.C10H24N2S.C4H11NOS.C2H6/c1-4-5-10-18-16(20)14-11-13-8-6-7-9-15(13)19(12(2)3)17(14)21;1-5-11-6-8-13-9-7-12(4)10(2)3;1-3-5-7(6)4-2;1-2/h4,6-9,11-12H,1,5,10H2,2-3H3,(H,18,20);10-11H,5-9H2,1-4H3;5H,3-4H2,1-2H3;1-2H3. The number of nitrogens with one attached hydrogen (secondary N) is 3. The maximum atomic E-state index is 12.6. The van der Waals surface area contributed by atoms with Gasteiger partial charge in [-0.3, -0.25) is 9.59 Å². The highest BCUT2D eigenvalue weighted by Crippen LogP contribution is 2.17. The first-order valence-electron chi connectivity index (χ1n) is 15.7. The quantitative estimate of drug-likeness (QED) is 0.157. The molecular formula is C33H61N5O3S2. The summed E-state index contributed by atoms with van der Waals surface area (Å²) in [7, 11) is 1.41. The van der Waals surface area contributed by atoms with E-state index in [1.54, 1.807) is 16.7 Å². The van der Waals surface area contributed by atoms with Crippen LogP contribution >= 0.6 is 11.8 Å². The Bertz CT molecular complexity index is 1090. The summed E-state index contributed by atoms with van der Waals surface area (Å²) < 4.78 is 14.8. The van der Waals surface area contributed by atoms with Crippen LogP contribution in [-0.2, 0) is 11.0 Å². The van der Waals surface area contributed by atoms with Crippen molar-refractivity contribution >= 4 is 39.6 Å². The molecule has 1 atom stereocenters. The number of nitrogens with zero attached hydrogens (tertiary/aromatic N) is 2. The Balaban J connectivity index is 0. The Morgan fingerprint density at radius 1 is 1.07 bits per heavy atom. The molecule has 1 amide bonds. The number of amides is 1. The average Bonchev–Trinajstić information content (AvgIpc) is 3.00. The van der Waals surface area contributed by atoms with Gasteiger partial charge in [0, 0.05) is 55.5 Å². The van der Waals surface area contributed by atoms with Gasteiger partial charge in [0.05, 0.1) is 16.5 Å². The summed E-state index contributed by atoms with van der Waals surface area (Å²) in [4.78, 5) is 27.2. The van der Waals surface area contributed by atoms with Gasteiger partial charge in [0.15, 0.2) is 0 Å². The fraction of sp³-hybridized carbons (Fsp3) is 0.636. The van der Waals surface area contributed by atoms with Crippen molar-refractivity contribution in [3.63, 3.8) is 0 Å². The Kier molecular flexibility index (Phi) is 27.7. The lowest BCUT2D eigenvalue weighted by Crippen LogP contribution is -2.34. The minimum Gasteiger partial charge on any atom is -0.352 e. The second kappa shape index (κ2) is 27.6. The molecule has 0 saturated carbocycles. The van der Waals surface area contributed by atoms with E-state index in [1.807, 2.05) is 77.6 Å². The van der Waals surface area contributed by atoms with Gasteiger partial charge in [-0.25, -0.2) is 8.93 Å². The van der Waals surface area contributed by atoms with E-state index >= 15 is 0 Å². The van der Waals surface area contributed by atoms with Crippen LogP contribution in [0.3, 0.4) is 0 Å². The van der Waals surface area contributed by atoms with E-state index in [-0.39, 0.29) is 23.1 Å². The molecule has 1 aromatic heterocycles. The number of carbonyl (C=O) groups is 1. The van der Waals surface area contributed by atoms with E-state index in [0.717, 1.165) is 30.5 Å². The topological polar surface area (TPSA) is 95.5 Å². The number of fused-ring (bicyclic) bond motifs is 1. The predicted molar refractivity (Wildman–Crippen MR) is 193 cm³/mol. The summed E-state index contributed by atoms with van der Waals surface area (Å²) in [6.07, 6.45) is 2.41. The summed E-state index contributed by atoms with van der Waals surface area (Å²) >= 11 is 2.03. The van der Waals surface area contributed by atoms with Gasteiger partial charge in [0.2, 0.25) is 0 Å². The molecule has 43 heavy (non-hydrogen) atoms. The van der Waals surface area contributed by atoms with Crippen molar-refractivity contribution in [2.45, 2.75) is 80.8 Å². The summed E-state index contributed by atoms with van der Waals surface area (Å²) in [5, 5.41) is 6.96. The van der Waals surface area contributed by atoms with Gasteiger partial charge < -0.3 is 20.1 Å². The van der Waals surface area contributed by atoms with E-state index in [0.29, 0.717) is 24.8 Å². The van der Waals surface area contributed by atoms with Crippen LogP contribution in [0.4, 0.5) is 0 Å². The molecule has 10 heteroatoms. The molecular weight excluding hydrogens is 579 g/mol. The summed E-state index contributed by atoms with van der Waals surface area (Å²) in [6, 6.07) is 9.93. The van der Waals surface area contributed by atoms with E-state index < -0.39 is 11.0 Å². The van der Waals surface area contributed by atoms with Crippen molar-refractivity contribution in [3.05, 3.63) is 58.9 Å². The highest BCUT2D eigenvalue weighted by Gasteiger charge is 2.16. The monoisotopic (exact) mass is 639 g/mol. The van der Waals surface area contributed by atoms with E-state index in [4.69, 9.17) is 0 Å². The Morgan fingerprint density at radius 3 is 2.23 bits per heavy atom. The van der Waals surface area contributed by atoms with Gasteiger partial charge in [-0.15, -0.1) is 6.58 Å². The minimum absolute atomic E-state index is 0.0108.